The topological polar surface area (TPSA) is 52.7 Å². The molecule has 0 unspecified atom stereocenters. The van der Waals surface area contributed by atoms with Crippen LogP contribution in [0.15, 0.2) is 24.3 Å². The number of hydrogen-bond donors (Lipinski definition) is 1. The van der Waals surface area contributed by atoms with E-state index in [9.17, 15) is 9.59 Å². The fraction of sp³-hybridized carbons (Fsp3) is 0.500. The Morgan fingerprint density at radius 2 is 1.86 bits per heavy atom. The third-order valence-electron chi connectivity index (χ3n) is 3.98. The molecule has 1 aliphatic heterocycles. The summed E-state index contributed by atoms with van der Waals surface area (Å²) in [6.45, 7) is 7.03. The van der Waals surface area contributed by atoms with E-state index in [0.29, 0.717) is 43.3 Å². The van der Waals surface area contributed by atoms with Gasteiger partial charge in [-0.3, -0.25) is 14.5 Å². The fourth-order valence-corrected chi connectivity index (χ4v) is 2.82. The summed E-state index contributed by atoms with van der Waals surface area (Å²) in [5.74, 6) is -0.00991. The minimum atomic E-state index is -0.169. The maximum atomic E-state index is 12.5. The zero-order valence-corrected chi connectivity index (χ0v) is 13.8. The summed E-state index contributed by atoms with van der Waals surface area (Å²) in [6, 6.07) is 6.92. The van der Waals surface area contributed by atoms with Crippen LogP contribution in [0, 0.1) is 0 Å². The minimum Gasteiger partial charge on any atom is -0.355 e. The molecule has 1 heterocycles. The van der Waals surface area contributed by atoms with Crippen LogP contribution < -0.4 is 5.32 Å². The highest BCUT2D eigenvalue weighted by molar-refractivity contribution is 6.33. The van der Waals surface area contributed by atoms with Crippen molar-refractivity contribution in [1.29, 1.82) is 0 Å². The Balaban J connectivity index is 1.93. The molecule has 0 bridgehead atoms. The van der Waals surface area contributed by atoms with E-state index < -0.39 is 0 Å². The highest BCUT2D eigenvalue weighted by Gasteiger charge is 2.28. The number of hydrogen-bond acceptors (Lipinski definition) is 3. The Kier molecular flexibility index (Phi) is 5.80. The molecule has 1 aromatic rings. The number of nitrogens with one attached hydrogen (secondary N) is 1. The molecule has 1 N–H and O–H groups in total. The van der Waals surface area contributed by atoms with Gasteiger partial charge in [-0.05, 0) is 26.0 Å². The molecule has 2 amide bonds. The predicted octanol–water partition coefficient (Wildman–Crippen LogP) is 1.62. The number of nitrogens with zero attached hydrogens (tertiary/aromatic N) is 2. The maximum absolute atomic E-state index is 12.5. The van der Waals surface area contributed by atoms with E-state index >= 15 is 0 Å². The van der Waals surface area contributed by atoms with E-state index in [0.717, 1.165) is 0 Å². The Labute approximate surface area is 136 Å². The number of piperazine rings is 1. The molecule has 22 heavy (non-hydrogen) atoms. The molecular weight excluding hydrogens is 302 g/mol. The number of amides is 2. The summed E-state index contributed by atoms with van der Waals surface area (Å²) >= 11 is 6.08. The summed E-state index contributed by atoms with van der Waals surface area (Å²) in [6.07, 6.45) is 0. The van der Waals surface area contributed by atoms with Gasteiger partial charge in [0.15, 0.2) is 0 Å². The monoisotopic (exact) mass is 323 g/mol. The molecule has 0 spiro atoms. The summed E-state index contributed by atoms with van der Waals surface area (Å²) in [5, 5.41) is 3.31. The normalized spacial score (nSPS) is 17.1. The number of carbonyl (C=O) groups excluding carboxylic acids is 2. The summed E-state index contributed by atoms with van der Waals surface area (Å²) < 4.78 is 0. The quantitative estimate of drug-likeness (QED) is 0.916. The fourth-order valence-electron chi connectivity index (χ4n) is 2.61. The first kappa shape index (κ1) is 16.8. The molecule has 0 aromatic heterocycles. The van der Waals surface area contributed by atoms with Crippen molar-refractivity contribution in [2.45, 2.75) is 19.9 Å². The molecule has 1 aliphatic rings. The zero-order chi connectivity index (χ0) is 16.1. The van der Waals surface area contributed by atoms with E-state index in [1.807, 2.05) is 26.0 Å². The molecule has 1 fully saturated rings. The van der Waals surface area contributed by atoms with E-state index in [-0.39, 0.29) is 17.9 Å². The first-order valence-electron chi connectivity index (χ1n) is 7.60. The van der Waals surface area contributed by atoms with Gasteiger partial charge < -0.3 is 10.2 Å². The maximum Gasteiger partial charge on any atom is 0.255 e. The van der Waals surface area contributed by atoms with E-state index in [1.165, 1.54) is 0 Å². The lowest BCUT2D eigenvalue weighted by molar-refractivity contribution is -0.126. The highest BCUT2D eigenvalue weighted by Crippen LogP contribution is 2.18. The van der Waals surface area contributed by atoms with Gasteiger partial charge in [-0.1, -0.05) is 23.7 Å². The van der Waals surface area contributed by atoms with Crippen molar-refractivity contribution in [3.05, 3.63) is 34.9 Å². The lowest BCUT2D eigenvalue weighted by atomic mass is 10.1. The SMILES string of the molecule is CCNC(=O)[C@H](C)N1CCN(C(=O)c2ccccc2Cl)CC1. The molecule has 5 nitrogen and oxygen atoms in total. The number of likely N-dealkylation sites (N-methyl/N-ethyl adjacent to an activating group) is 1. The first-order valence-corrected chi connectivity index (χ1v) is 7.98. The first-order chi connectivity index (χ1) is 10.5. The largest absolute Gasteiger partial charge is 0.355 e. The van der Waals surface area contributed by atoms with E-state index in [4.69, 9.17) is 11.6 Å². The van der Waals surface area contributed by atoms with Crippen molar-refractivity contribution < 1.29 is 9.59 Å². The van der Waals surface area contributed by atoms with Crippen molar-refractivity contribution in [3.8, 4) is 0 Å². The van der Waals surface area contributed by atoms with Crippen LogP contribution in [0.3, 0.4) is 0 Å². The average Bonchev–Trinajstić information content (AvgIpc) is 2.54. The van der Waals surface area contributed by atoms with Crippen LogP contribution in [0.2, 0.25) is 5.02 Å². The summed E-state index contributed by atoms with van der Waals surface area (Å²) in [5.41, 5.74) is 0.536. The van der Waals surface area contributed by atoms with Crippen LogP contribution >= 0.6 is 11.6 Å². The summed E-state index contributed by atoms with van der Waals surface area (Å²) in [4.78, 5) is 28.2. The van der Waals surface area contributed by atoms with Gasteiger partial charge >= 0.3 is 0 Å². The third-order valence-corrected chi connectivity index (χ3v) is 4.31. The Morgan fingerprint density at radius 1 is 1.23 bits per heavy atom. The van der Waals surface area contributed by atoms with E-state index in [1.54, 1.807) is 17.0 Å². The van der Waals surface area contributed by atoms with Gasteiger partial charge in [0.05, 0.1) is 16.6 Å². The van der Waals surface area contributed by atoms with Crippen LogP contribution in [0.1, 0.15) is 24.2 Å². The second-order valence-electron chi connectivity index (χ2n) is 5.38. The third kappa shape index (κ3) is 3.78. The van der Waals surface area contributed by atoms with Crippen molar-refractivity contribution in [1.82, 2.24) is 15.1 Å². The Bertz CT molecular complexity index is 542. The Hall–Kier alpha value is -1.59. The molecule has 1 atom stereocenters. The van der Waals surface area contributed by atoms with Gasteiger partial charge in [-0.15, -0.1) is 0 Å². The molecule has 120 valence electrons. The number of carbonyl (C=O) groups is 2. The number of halogens is 1. The molecular formula is C16H22ClN3O2. The average molecular weight is 324 g/mol. The van der Waals surface area contributed by atoms with Crippen molar-refractivity contribution >= 4 is 23.4 Å². The molecule has 0 radical (unpaired) electrons. The molecule has 2 rings (SSSR count). The Morgan fingerprint density at radius 3 is 2.45 bits per heavy atom. The molecule has 6 heteroatoms. The van der Waals surface area contributed by atoms with Crippen LogP contribution in [0.5, 0.6) is 0 Å². The zero-order valence-electron chi connectivity index (χ0n) is 13.0. The standard InChI is InChI=1S/C16H22ClN3O2/c1-3-18-15(21)12(2)19-8-10-20(11-9-19)16(22)13-6-4-5-7-14(13)17/h4-7,12H,3,8-11H2,1-2H3,(H,18,21)/t12-/m0/s1. The van der Waals surface area contributed by atoms with E-state index in [2.05, 4.69) is 10.2 Å². The van der Waals surface area contributed by atoms with Crippen molar-refractivity contribution in [3.63, 3.8) is 0 Å². The van der Waals surface area contributed by atoms with Crippen molar-refractivity contribution in [2.24, 2.45) is 0 Å². The second kappa shape index (κ2) is 7.61. The van der Waals surface area contributed by atoms with Gasteiger partial charge in [0.2, 0.25) is 5.91 Å². The lowest BCUT2D eigenvalue weighted by Gasteiger charge is -2.37. The van der Waals surface area contributed by atoms with Gasteiger partial charge in [0.25, 0.3) is 5.91 Å². The summed E-state index contributed by atoms with van der Waals surface area (Å²) in [7, 11) is 0. The van der Waals surface area contributed by atoms with Crippen LogP contribution in [-0.2, 0) is 4.79 Å². The lowest BCUT2D eigenvalue weighted by Crippen LogP contribution is -2.55. The number of benzene rings is 1. The minimum absolute atomic E-state index is 0.0355. The van der Waals surface area contributed by atoms with Gasteiger partial charge in [0.1, 0.15) is 0 Å². The molecule has 0 aliphatic carbocycles. The second-order valence-corrected chi connectivity index (χ2v) is 5.79. The van der Waals surface area contributed by atoms with Crippen molar-refractivity contribution in [2.75, 3.05) is 32.7 Å². The van der Waals surface area contributed by atoms with Crippen LogP contribution in [0.4, 0.5) is 0 Å². The molecule has 1 saturated heterocycles. The predicted molar refractivity (Wildman–Crippen MR) is 87.1 cm³/mol. The molecule has 0 saturated carbocycles. The smallest absolute Gasteiger partial charge is 0.255 e. The van der Waals surface area contributed by atoms with Gasteiger partial charge in [-0.25, -0.2) is 0 Å². The molecule has 1 aromatic carbocycles. The van der Waals surface area contributed by atoms with Gasteiger partial charge in [0, 0.05) is 32.7 Å². The number of rotatable bonds is 4. The van der Waals surface area contributed by atoms with Gasteiger partial charge in [-0.2, -0.15) is 0 Å². The van der Waals surface area contributed by atoms with Crippen LogP contribution in [-0.4, -0.2) is 60.4 Å². The highest BCUT2D eigenvalue weighted by atomic mass is 35.5. The van der Waals surface area contributed by atoms with Crippen LogP contribution in [0.25, 0.3) is 0 Å².